The van der Waals surface area contributed by atoms with Crippen molar-refractivity contribution in [3.05, 3.63) is 31.2 Å². The molecule has 1 saturated carbocycles. The van der Waals surface area contributed by atoms with Crippen LogP contribution in [0.1, 0.15) is 83.5 Å². The molecule has 1 saturated heterocycles. The Balaban J connectivity index is 0.000000139. The first-order valence-electron chi connectivity index (χ1n) is 13.0. The predicted octanol–water partition coefficient (Wildman–Crippen LogP) is 5.10. The maximum absolute atomic E-state index is 5.28. The zero-order valence-corrected chi connectivity index (χ0v) is 22.4. The van der Waals surface area contributed by atoms with E-state index in [9.17, 15) is 0 Å². The third-order valence-electron chi connectivity index (χ3n) is 7.22. The zero-order chi connectivity index (χ0) is 22.9. The fraction of sp³-hybridized carbons (Fsp3) is 0.769. The summed E-state index contributed by atoms with van der Waals surface area (Å²) in [6.07, 6.45) is 6.44. The average Bonchev–Trinajstić information content (AvgIpc) is 3.35. The molecule has 6 rings (SSSR count). The Labute approximate surface area is 207 Å². The molecule has 0 amide bonds. The molecule has 0 aromatic carbocycles. The van der Waals surface area contributed by atoms with Crippen molar-refractivity contribution in [2.24, 2.45) is 5.92 Å². The first-order chi connectivity index (χ1) is 16.0. The minimum absolute atomic E-state index is 0.572. The van der Waals surface area contributed by atoms with Crippen LogP contribution in [0.25, 0.3) is 0 Å². The molecule has 7 heteroatoms. The minimum atomic E-state index is 0.572. The molecule has 0 unspecified atom stereocenters. The summed E-state index contributed by atoms with van der Waals surface area (Å²) in [5, 5.41) is 2.65. The third kappa shape index (κ3) is 5.87. The van der Waals surface area contributed by atoms with Crippen LogP contribution in [0.15, 0.2) is 0 Å². The van der Waals surface area contributed by atoms with E-state index < -0.39 is 0 Å². The van der Waals surface area contributed by atoms with Gasteiger partial charge in [-0.1, -0.05) is 27.7 Å². The second kappa shape index (κ2) is 10.4. The molecule has 0 atom stereocenters. The Morgan fingerprint density at radius 3 is 2.06 bits per heavy atom. The van der Waals surface area contributed by atoms with E-state index in [0.29, 0.717) is 17.9 Å². The van der Waals surface area contributed by atoms with Crippen LogP contribution < -0.4 is 0 Å². The quantitative estimate of drug-likeness (QED) is 0.586. The first-order valence-corrected chi connectivity index (χ1v) is 14.6. The Morgan fingerprint density at radius 2 is 1.45 bits per heavy atom. The lowest BCUT2D eigenvalue weighted by Gasteiger charge is -2.36. The lowest BCUT2D eigenvalue weighted by Crippen LogP contribution is -2.49. The van der Waals surface area contributed by atoms with Crippen molar-refractivity contribution in [2.45, 2.75) is 84.2 Å². The molecule has 182 valence electrons. The van der Waals surface area contributed by atoms with Gasteiger partial charge in [0.25, 0.3) is 0 Å². The second-order valence-electron chi connectivity index (χ2n) is 10.8. The SMILES string of the molecule is CC(C)c1nc2c(s1)CCN(C1COC1)CC2.CC(C)c1nc2c(s1)CCN(CC1CC1)C2. The Hall–Kier alpha value is -0.860. The van der Waals surface area contributed by atoms with Crippen molar-refractivity contribution in [1.29, 1.82) is 0 Å². The number of nitrogens with zero attached hydrogens (tertiary/aromatic N) is 4. The van der Waals surface area contributed by atoms with E-state index in [2.05, 4.69) is 37.5 Å². The molecule has 5 nitrogen and oxygen atoms in total. The highest BCUT2D eigenvalue weighted by molar-refractivity contribution is 7.12. The summed E-state index contributed by atoms with van der Waals surface area (Å²) in [6.45, 7) is 16.8. The number of fused-ring (bicyclic) bond motifs is 2. The van der Waals surface area contributed by atoms with Gasteiger partial charge >= 0.3 is 0 Å². The Morgan fingerprint density at radius 1 is 0.848 bits per heavy atom. The number of aromatic nitrogens is 2. The first kappa shape index (κ1) is 23.9. The lowest BCUT2D eigenvalue weighted by molar-refractivity contribution is -0.0634. The van der Waals surface area contributed by atoms with Gasteiger partial charge in [0, 0.05) is 60.7 Å². The normalized spacial score (nSPS) is 21.9. The van der Waals surface area contributed by atoms with Crippen molar-refractivity contribution >= 4 is 22.7 Å². The van der Waals surface area contributed by atoms with Gasteiger partial charge in [0.15, 0.2) is 0 Å². The van der Waals surface area contributed by atoms with Gasteiger partial charge in [-0.05, 0) is 31.6 Å². The van der Waals surface area contributed by atoms with Crippen LogP contribution in [0.2, 0.25) is 0 Å². The van der Waals surface area contributed by atoms with Crippen LogP contribution in [0, 0.1) is 5.92 Å². The second-order valence-corrected chi connectivity index (χ2v) is 13.0. The van der Waals surface area contributed by atoms with E-state index in [1.807, 2.05) is 22.7 Å². The molecule has 2 aromatic rings. The summed E-state index contributed by atoms with van der Waals surface area (Å²) in [4.78, 5) is 17.9. The number of thiazole rings is 2. The Bertz CT molecular complexity index is 903. The van der Waals surface area contributed by atoms with Crippen molar-refractivity contribution < 1.29 is 4.74 Å². The van der Waals surface area contributed by atoms with Crippen LogP contribution >= 0.6 is 22.7 Å². The molecule has 0 radical (unpaired) electrons. The van der Waals surface area contributed by atoms with E-state index in [1.54, 1.807) is 4.88 Å². The molecule has 1 aliphatic carbocycles. The molecule has 0 spiro atoms. The molecule has 2 aromatic heterocycles. The standard InChI is InChI=1S/C13H20N2OS.C13H20N2S/c1-9(2)13-14-11-3-5-15(10-7-16-8-10)6-4-12(11)17-13;1-9(2)13-14-11-8-15(7-10-3-4-10)6-5-12(11)16-13/h9-10H,3-8H2,1-2H3;9-10H,3-8H2,1-2H3. The van der Waals surface area contributed by atoms with Gasteiger partial charge in [0.1, 0.15) is 0 Å². The lowest BCUT2D eigenvalue weighted by atomic mass is 10.1. The number of hydrogen-bond donors (Lipinski definition) is 0. The van der Waals surface area contributed by atoms with E-state index in [4.69, 9.17) is 14.7 Å². The monoisotopic (exact) mass is 488 g/mol. The number of hydrogen-bond acceptors (Lipinski definition) is 7. The summed E-state index contributed by atoms with van der Waals surface area (Å²) in [5.41, 5.74) is 2.74. The fourth-order valence-corrected chi connectivity index (χ4v) is 6.96. The van der Waals surface area contributed by atoms with Gasteiger partial charge in [0.2, 0.25) is 0 Å². The third-order valence-corrected chi connectivity index (χ3v) is 10.1. The molecular formula is C26H40N4OS2. The van der Waals surface area contributed by atoms with E-state index in [0.717, 1.165) is 38.6 Å². The fourth-order valence-electron chi connectivity index (χ4n) is 4.79. The smallest absolute Gasteiger partial charge is 0.0957 e. The van der Waals surface area contributed by atoms with Gasteiger partial charge in [-0.2, -0.15) is 0 Å². The zero-order valence-electron chi connectivity index (χ0n) is 20.8. The summed E-state index contributed by atoms with van der Waals surface area (Å²) in [7, 11) is 0. The van der Waals surface area contributed by atoms with E-state index in [1.165, 1.54) is 71.6 Å². The molecule has 0 bridgehead atoms. The molecule has 0 N–H and O–H groups in total. The van der Waals surface area contributed by atoms with Gasteiger partial charge in [0.05, 0.1) is 40.7 Å². The number of rotatable bonds is 5. The summed E-state index contributed by atoms with van der Waals surface area (Å²) < 4.78 is 5.28. The summed E-state index contributed by atoms with van der Waals surface area (Å²) in [6, 6.07) is 0.675. The van der Waals surface area contributed by atoms with Crippen LogP contribution in [0.4, 0.5) is 0 Å². The van der Waals surface area contributed by atoms with E-state index in [-0.39, 0.29) is 0 Å². The predicted molar refractivity (Wildman–Crippen MR) is 138 cm³/mol. The largest absolute Gasteiger partial charge is 0.378 e. The highest BCUT2D eigenvalue weighted by atomic mass is 32.1. The molecule has 5 heterocycles. The Kier molecular flexibility index (Phi) is 7.52. The molecule has 33 heavy (non-hydrogen) atoms. The summed E-state index contributed by atoms with van der Waals surface area (Å²) in [5.74, 6) is 2.17. The minimum Gasteiger partial charge on any atom is -0.378 e. The molecule has 4 aliphatic rings. The summed E-state index contributed by atoms with van der Waals surface area (Å²) >= 11 is 3.87. The topological polar surface area (TPSA) is 41.5 Å². The van der Waals surface area contributed by atoms with Crippen LogP contribution in [0.3, 0.4) is 0 Å². The number of ether oxygens (including phenoxy) is 1. The van der Waals surface area contributed by atoms with Crippen molar-refractivity contribution in [3.8, 4) is 0 Å². The van der Waals surface area contributed by atoms with Crippen LogP contribution in [-0.4, -0.2) is 65.2 Å². The maximum atomic E-state index is 5.28. The van der Waals surface area contributed by atoms with Crippen molar-refractivity contribution in [1.82, 2.24) is 19.8 Å². The highest BCUT2D eigenvalue weighted by Gasteiger charge is 2.29. The van der Waals surface area contributed by atoms with E-state index >= 15 is 0 Å². The van der Waals surface area contributed by atoms with Gasteiger partial charge in [-0.3, -0.25) is 9.80 Å². The van der Waals surface area contributed by atoms with Gasteiger partial charge < -0.3 is 4.74 Å². The van der Waals surface area contributed by atoms with Crippen LogP contribution in [0.5, 0.6) is 0 Å². The average molecular weight is 489 g/mol. The highest BCUT2D eigenvalue weighted by Crippen LogP contribution is 2.33. The van der Waals surface area contributed by atoms with Gasteiger partial charge in [-0.25, -0.2) is 9.97 Å². The van der Waals surface area contributed by atoms with Crippen molar-refractivity contribution in [3.63, 3.8) is 0 Å². The molecule has 2 fully saturated rings. The van der Waals surface area contributed by atoms with Crippen molar-refractivity contribution in [2.75, 3.05) is 39.4 Å². The molecular weight excluding hydrogens is 448 g/mol. The molecule has 3 aliphatic heterocycles. The maximum Gasteiger partial charge on any atom is 0.0957 e. The van der Waals surface area contributed by atoms with Crippen LogP contribution in [-0.2, 0) is 30.5 Å². The van der Waals surface area contributed by atoms with Gasteiger partial charge in [-0.15, -0.1) is 22.7 Å².